The average molecular weight is 317 g/mol. The van der Waals surface area contributed by atoms with Crippen LogP contribution in [0.15, 0.2) is 22.7 Å². The second-order valence-electron chi connectivity index (χ2n) is 4.32. The van der Waals surface area contributed by atoms with E-state index >= 15 is 0 Å². The molecule has 2 nitrogen and oxygen atoms in total. The first-order chi connectivity index (χ1) is 8.69. The van der Waals surface area contributed by atoms with E-state index in [9.17, 15) is 4.39 Å². The van der Waals surface area contributed by atoms with Crippen molar-refractivity contribution in [3.8, 4) is 0 Å². The molecular formula is C14H22BrFN2. The van der Waals surface area contributed by atoms with Crippen LogP contribution in [0.3, 0.4) is 0 Å². The van der Waals surface area contributed by atoms with E-state index in [0.29, 0.717) is 11.0 Å². The highest BCUT2D eigenvalue weighted by Crippen LogP contribution is 2.19. The Balaban J connectivity index is 2.31. The van der Waals surface area contributed by atoms with Gasteiger partial charge in [0.2, 0.25) is 0 Å². The number of hydrogen-bond donors (Lipinski definition) is 1. The highest BCUT2D eigenvalue weighted by molar-refractivity contribution is 9.10. The lowest BCUT2D eigenvalue weighted by Crippen LogP contribution is -2.32. The minimum Gasteiger partial charge on any atom is -0.311 e. The molecule has 0 aliphatic carbocycles. The number of nitrogens with one attached hydrogen (secondary N) is 1. The molecule has 0 heterocycles. The van der Waals surface area contributed by atoms with Gasteiger partial charge in [0.25, 0.3) is 0 Å². The van der Waals surface area contributed by atoms with E-state index < -0.39 is 0 Å². The molecule has 1 N–H and O–H groups in total. The molecule has 0 saturated heterocycles. The van der Waals surface area contributed by atoms with Gasteiger partial charge in [-0.05, 0) is 47.1 Å². The van der Waals surface area contributed by atoms with E-state index in [1.807, 2.05) is 6.07 Å². The molecule has 0 spiro atoms. The average Bonchev–Trinajstić information content (AvgIpc) is 2.38. The first-order valence-corrected chi connectivity index (χ1v) is 7.34. The summed E-state index contributed by atoms with van der Waals surface area (Å²) in [7, 11) is 0. The van der Waals surface area contributed by atoms with Crippen molar-refractivity contribution in [2.24, 2.45) is 0 Å². The van der Waals surface area contributed by atoms with E-state index in [0.717, 1.165) is 31.7 Å². The SMILES string of the molecule is CCCN(CC)CCNCc1cccc(F)c1Br. The van der Waals surface area contributed by atoms with E-state index in [4.69, 9.17) is 0 Å². The van der Waals surface area contributed by atoms with Crippen molar-refractivity contribution in [2.45, 2.75) is 26.8 Å². The van der Waals surface area contributed by atoms with E-state index in [2.05, 4.69) is 40.0 Å². The minimum absolute atomic E-state index is 0.199. The lowest BCUT2D eigenvalue weighted by atomic mass is 10.2. The van der Waals surface area contributed by atoms with Crippen molar-refractivity contribution in [3.05, 3.63) is 34.1 Å². The van der Waals surface area contributed by atoms with Crippen LogP contribution in [0.2, 0.25) is 0 Å². The van der Waals surface area contributed by atoms with Crippen LogP contribution in [0.25, 0.3) is 0 Å². The molecule has 102 valence electrons. The maximum absolute atomic E-state index is 13.3. The fraction of sp³-hybridized carbons (Fsp3) is 0.571. The van der Waals surface area contributed by atoms with E-state index in [-0.39, 0.29) is 5.82 Å². The predicted molar refractivity (Wildman–Crippen MR) is 78.2 cm³/mol. The molecule has 18 heavy (non-hydrogen) atoms. The van der Waals surface area contributed by atoms with Gasteiger partial charge in [-0.1, -0.05) is 26.0 Å². The Morgan fingerprint density at radius 3 is 2.72 bits per heavy atom. The van der Waals surface area contributed by atoms with Crippen LogP contribution in [0.4, 0.5) is 4.39 Å². The molecule has 1 rings (SSSR count). The molecule has 0 aliphatic heterocycles. The summed E-state index contributed by atoms with van der Waals surface area (Å²) in [6.45, 7) is 9.26. The number of hydrogen-bond acceptors (Lipinski definition) is 2. The van der Waals surface area contributed by atoms with Gasteiger partial charge in [-0.3, -0.25) is 0 Å². The third kappa shape index (κ3) is 5.04. The zero-order valence-electron chi connectivity index (χ0n) is 11.2. The van der Waals surface area contributed by atoms with Crippen LogP contribution >= 0.6 is 15.9 Å². The van der Waals surface area contributed by atoms with Gasteiger partial charge in [-0.25, -0.2) is 4.39 Å². The molecule has 0 radical (unpaired) electrons. The molecule has 0 aromatic heterocycles. The van der Waals surface area contributed by atoms with Gasteiger partial charge in [0, 0.05) is 19.6 Å². The van der Waals surface area contributed by atoms with Gasteiger partial charge < -0.3 is 10.2 Å². The predicted octanol–water partition coefficient (Wildman–Crippen LogP) is 3.41. The van der Waals surface area contributed by atoms with Crippen molar-refractivity contribution in [1.82, 2.24) is 10.2 Å². The molecule has 0 atom stereocenters. The fourth-order valence-corrected chi connectivity index (χ4v) is 2.29. The maximum Gasteiger partial charge on any atom is 0.137 e. The zero-order valence-corrected chi connectivity index (χ0v) is 12.8. The summed E-state index contributed by atoms with van der Waals surface area (Å²) < 4.78 is 13.9. The van der Waals surface area contributed by atoms with Crippen LogP contribution in [-0.2, 0) is 6.54 Å². The largest absolute Gasteiger partial charge is 0.311 e. The Hall–Kier alpha value is -0.450. The molecule has 0 amide bonds. The van der Waals surface area contributed by atoms with Crippen molar-refractivity contribution < 1.29 is 4.39 Å². The van der Waals surface area contributed by atoms with Gasteiger partial charge in [0.05, 0.1) is 4.47 Å². The highest BCUT2D eigenvalue weighted by Gasteiger charge is 2.05. The van der Waals surface area contributed by atoms with Crippen molar-refractivity contribution >= 4 is 15.9 Å². The van der Waals surface area contributed by atoms with Gasteiger partial charge in [0.1, 0.15) is 5.82 Å². The van der Waals surface area contributed by atoms with Gasteiger partial charge >= 0.3 is 0 Å². The molecular weight excluding hydrogens is 295 g/mol. The van der Waals surface area contributed by atoms with Gasteiger partial charge in [0.15, 0.2) is 0 Å². The van der Waals surface area contributed by atoms with Crippen LogP contribution in [0.1, 0.15) is 25.8 Å². The number of nitrogens with zero attached hydrogens (tertiary/aromatic N) is 1. The number of benzene rings is 1. The number of halogens is 2. The molecule has 0 unspecified atom stereocenters. The topological polar surface area (TPSA) is 15.3 Å². The monoisotopic (exact) mass is 316 g/mol. The quantitative estimate of drug-likeness (QED) is 0.739. The van der Waals surface area contributed by atoms with Gasteiger partial charge in [-0.15, -0.1) is 0 Å². The summed E-state index contributed by atoms with van der Waals surface area (Å²) in [4.78, 5) is 2.41. The molecule has 0 fully saturated rings. The van der Waals surface area contributed by atoms with Crippen LogP contribution in [-0.4, -0.2) is 31.1 Å². The summed E-state index contributed by atoms with van der Waals surface area (Å²) in [5.41, 5.74) is 0.966. The second kappa shape index (κ2) is 8.62. The zero-order chi connectivity index (χ0) is 13.4. The first-order valence-electron chi connectivity index (χ1n) is 6.55. The van der Waals surface area contributed by atoms with E-state index in [1.54, 1.807) is 6.07 Å². The lowest BCUT2D eigenvalue weighted by Gasteiger charge is -2.19. The third-order valence-corrected chi connectivity index (χ3v) is 3.83. The smallest absolute Gasteiger partial charge is 0.137 e. The second-order valence-corrected chi connectivity index (χ2v) is 5.12. The Kier molecular flexibility index (Phi) is 7.47. The van der Waals surface area contributed by atoms with Crippen LogP contribution in [0.5, 0.6) is 0 Å². The molecule has 1 aromatic carbocycles. The summed E-state index contributed by atoms with van der Waals surface area (Å²) in [5, 5.41) is 3.35. The molecule has 4 heteroatoms. The Labute approximate surface area is 118 Å². The van der Waals surface area contributed by atoms with Gasteiger partial charge in [-0.2, -0.15) is 0 Å². The summed E-state index contributed by atoms with van der Waals surface area (Å²) >= 11 is 3.27. The third-order valence-electron chi connectivity index (χ3n) is 2.94. The van der Waals surface area contributed by atoms with Crippen molar-refractivity contribution in [3.63, 3.8) is 0 Å². The summed E-state index contributed by atoms with van der Waals surface area (Å²) in [6.07, 6.45) is 1.18. The first kappa shape index (κ1) is 15.6. The highest BCUT2D eigenvalue weighted by atomic mass is 79.9. The summed E-state index contributed by atoms with van der Waals surface area (Å²) in [6, 6.07) is 5.14. The molecule has 0 bridgehead atoms. The Morgan fingerprint density at radius 1 is 1.28 bits per heavy atom. The fourth-order valence-electron chi connectivity index (χ4n) is 1.89. The normalized spacial score (nSPS) is 11.2. The molecule has 1 aromatic rings. The van der Waals surface area contributed by atoms with Crippen LogP contribution in [0, 0.1) is 5.82 Å². The Bertz CT molecular complexity index is 358. The maximum atomic E-state index is 13.3. The summed E-state index contributed by atoms with van der Waals surface area (Å²) in [5.74, 6) is -0.199. The van der Waals surface area contributed by atoms with Crippen molar-refractivity contribution in [2.75, 3.05) is 26.2 Å². The molecule has 0 saturated carbocycles. The van der Waals surface area contributed by atoms with Crippen molar-refractivity contribution in [1.29, 1.82) is 0 Å². The van der Waals surface area contributed by atoms with E-state index in [1.165, 1.54) is 12.5 Å². The van der Waals surface area contributed by atoms with Crippen LogP contribution < -0.4 is 5.32 Å². The minimum atomic E-state index is -0.199. The number of likely N-dealkylation sites (N-methyl/N-ethyl adjacent to an activating group) is 1. The lowest BCUT2D eigenvalue weighted by molar-refractivity contribution is 0.287. The standard InChI is InChI=1S/C14H22BrFN2/c1-3-9-18(4-2)10-8-17-11-12-6-5-7-13(16)14(12)15/h5-7,17H,3-4,8-11H2,1-2H3. The number of rotatable bonds is 8. The Morgan fingerprint density at radius 2 is 2.06 bits per heavy atom. The molecule has 0 aliphatic rings.